The van der Waals surface area contributed by atoms with Crippen molar-refractivity contribution < 1.29 is 14.1 Å². The van der Waals surface area contributed by atoms with Crippen molar-refractivity contribution >= 4 is 5.78 Å². The number of hydrogen-bond acceptors (Lipinski definition) is 5. The number of ether oxygens (including phenoxy) is 1. The number of hydrogen-bond donors (Lipinski definition) is 0. The summed E-state index contributed by atoms with van der Waals surface area (Å²) in [6, 6.07) is 0. The fraction of sp³-hybridized carbons (Fsp3) is 0.750. The smallest absolute Gasteiger partial charge is 0.234 e. The Labute approximate surface area is 101 Å². The van der Waals surface area contributed by atoms with E-state index in [0.717, 1.165) is 25.7 Å². The summed E-state index contributed by atoms with van der Waals surface area (Å²) in [5.41, 5.74) is 0. The van der Waals surface area contributed by atoms with Crippen LogP contribution in [0.1, 0.15) is 50.4 Å². The molecule has 0 saturated heterocycles. The zero-order valence-electron chi connectivity index (χ0n) is 10.3. The quantitative estimate of drug-likeness (QED) is 0.727. The number of nitrogens with zero attached hydrogens (tertiary/aromatic N) is 2. The lowest BCUT2D eigenvalue weighted by atomic mass is 10.2. The molecule has 0 radical (unpaired) electrons. The van der Waals surface area contributed by atoms with Crippen LogP contribution in [0.15, 0.2) is 4.52 Å². The van der Waals surface area contributed by atoms with E-state index in [1.54, 1.807) is 7.11 Å². The monoisotopic (exact) mass is 238 g/mol. The van der Waals surface area contributed by atoms with Crippen LogP contribution in [0, 0.1) is 5.92 Å². The summed E-state index contributed by atoms with van der Waals surface area (Å²) in [6.45, 7) is 2.07. The van der Waals surface area contributed by atoms with Crippen molar-refractivity contribution in [2.75, 3.05) is 7.11 Å². The van der Waals surface area contributed by atoms with Gasteiger partial charge in [-0.2, -0.15) is 4.98 Å². The maximum absolute atomic E-state index is 11.6. The predicted molar refractivity (Wildman–Crippen MR) is 60.4 cm³/mol. The van der Waals surface area contributed by atoms with Crippen LogP contribution < -0.4 is 0 Å². The molecule has 1 aromatic rings. The van der Waals surface area contributed by atoms with Gasteiger partial charge >= 0.3 is 0 Å². The van der Waals surface area contributed by atoms with E-state index in [9.17, 15) is 4.79 Å². The largest absolute Gasteiger partial charge is 0.373 e. The van der Waals surface area contributed by atoms with Gasteiger partial charge in [-0.25, -0.2) is 0 Å². The van der Waals surface area contributed by atoms with E-state index in [1.165, 1.54) is 0 Å². The molecular weight excluding hydrogens is 220 g/mol. The van der Waals surface area contributed by atoms with Crippen molar-refractivity contribution in [3.05, 3.63) is 11.7 Å². The topological polar surface area (TPSA) is 65.2 Å². The fourth-order valence-corrected chi connectivity index (χ4v) is 1.78. The van der Waals surface area contributed by atoms with Gasteiger partial charge in [0.1, 0.15) is 11.9 Å². The van der Waals surface area contributed by atoms with Crippen molar-refractivity contribution in [3.8, 4) is 0 Å². The van der Waals surface area contributed by atoms with Gasteiger partial charge in [0.05, 0.1) is 6.42 Å². The van der Waals surface area contributed by atoms with E-state index in [2.05, 4.69) is 17.1 Å². The lowest BCUT2D eigenvalue weighted by Crippen LogP contribution is -2.06. The third kappa shape index (κ3) is 3.12. The maximum Gasteiger partial charge on any atom is 0.234 e. The summed E-state index contributed by atoms with van der Waals surface area (Å²) in [7, 11) is 1.63. The van der Waals surface area contributed by atoms with Crippen LogP contribution in [-0.2, 0) is 16.0 Å². The first-order valence-corrected chi connectivity index (χ1v) is 6.12. The van der Waals surface area contributed by atoms with Crippen molar-refractivity contribution in [2.45, 2.75) is 45.1 Å². The molecule has 2 rings (SSSR count). The first-order chi connectivity index (χ1) is 8.24. The summed E-state index contributed by atoms with van der Waals surface area (Å²) in [6.07, 6.45) is 4.00. The van der Waals surface area contributed by atoms with Crippen LogP contribution in [0.4, 0.5) is 0 Å². The molecule has 0 aliphatic heterocycles. The number of rotatable bonds is 7. The summed E-state index contributed by atoms with van der Waals surface area (Å²) >= 11 is 0. The van der Waals surface area contributed by atoms with Gasteiger partial charge in [-0.05, 0) is 19.3 Å². The number of Topliss-reactive ketones (excluding diaryl/α,β-unsaturated/α-hetero) is 1. The molecule has 1 atom stereocenters. The van der Waals surface area contributed by atoms with Crippen LogP contribution >= 0.6 is 0 Å². The number of methoxy groups -OCH3 is 1. The molecule has 1 aliphatic carbocycles. The minimum Gasteiger partial charge on any atom is -0.373 e. The fourth-order valence-electron chi connectivity index (χ4n) is 1.78. The molecule has 1 fully saturated rings. The Hall–Kier alpha value is -1.23. The zero-order valence-corrected chi connectivity index (χ0v) is 10.3. The van der Waals surface area contributed by atoms with Gasteiger partial charge in [-0.3, -0.25) is 4.79 Å². The van der Waals surface area contributed by atoms with Crippen LogP contribution in [0.2, 0.25) is 0 Å². The van der Waals surface area contributed by atoms with Crippen molar-refractivity contribution in [2.24, 2.45) is 5.92 Å². The van der Waals surface area contributed by atoms with Gasteiger partial charge in [0, 0.05) is 13.0 Å². The normalized spacial score (nSPS) is 17.1. The molecule has 0 bridgehead atoms. The molecule has 0 N–H and O–H groups in total. The van der Waals surface area contributed by atoms with Crippen molar-refractivity contribution in [1.29, 1.82) is 0 Å². The van der Waals surface area contributed by atoms with Crippen molar-refractivity contribution in [1.82, 2.24) is 10.1 Å². The maximum atomic E-state index is 11.6. The van der Waals surface area contributed by atoms with Crippen LogP contribution in [0.3, 0.4) is 0 Å². The highest BCUT2D eigenvalue weighted by molar-refractivity contribution is 5.84. The third-order valence-corrected chi connectivity index (χ3v) is 2.97. The van der Waals surface area contributed by atoms with E-state index < -0.39 is 0 Å². The number of aromatic nitrogens is 2. The average Bonchev–Trinajstić information content (AvgIpc) is 3.08. The number of carbonyl (C=O) groups is 1. The summed E-state index contributed by atoms with van der Waals surface area (Å²) in [5, 5.41) is 3.88. The Bertz CT molecular complexity index is 385. The minimum atomic E-state index is -0.131. The lowest BCUT2D eigenvalue weighted by Gasteiger charge is -2.08. The Morgan fingerprint density at radius 2 is 2.35 bits per heavy atom. The molecule has 0 amide bonds. The molecule has 1 saturated carbocycles. The van der Waals surface area contributed by atoms with E-state index in [-0.39, 0.29) is 24.2 Å². The van der Waals surface area contributed by atoms with Gasteiger partial charge in [0.25, 0.3) is 0 Å². The standard InChI is InChI=1S/C12H18N2O3/c1-3-4-10(16-2)12-13-11(17-14-12)7-9(15)8-5-6-8/h8,10H,3-7H2,1-2H3. The second-order valence-corrected chi connectivity index (χ2v) is 4.48. The number of ketones is 1. The van der Waals surface area contributed by atoms with E-state index in [0.29, 0.717) is 11.7 Å². The Kier molecular flexibility index (Phi) is 3.89. The molecule has 1 aliphatic rings. The molecule has 94 valence electrons. The van der Waals surface area contributed by atoms with Gasteiger partial charge in [-0.1, -0.05) is 18.5 Å². The number of carbonyl (C=O) groups excluding carboxylic acids is 1. The molecule has 5 heteroatoms. The molecule has 0 spiro atoms. The highest BCUT2D eigenvalue weighted by Gasteiger charge is 2.30. The molecule has 1 aromatic heterocycles. The second kappa shape index (κ2) is 5.40. The summed E-state index contributed by atoms with van der Waals surface area (Å²) in [5.74, 6) is 1.41. The first-order valence-electron chi connectivity index (χ1n) is 6.12. The average molecular weight is 238 g/mol. The molecule has 1 unspecified atom stereocenters. The van der Waals surface area contributed by atoms with Crippen LogP contribution in [0.25, 0.3) is 0 Å². The molecule has 0 aromatic carbocycles. The minimum absolute atomic E-state index is 0.131. The third-order valence-electron chi connectivity index (χ3n) is 2.97. The zero-order chi connectivity index (χ0) is 12.3. The highest BCUT2D eigenvalue weighted by Crippen LogP contribution is 2.31. The van der Waals surface area contributed by atoms with Gasteiger partial charge in [-0.15, -0.1) is 0 Å². The molecule has 17 heavy (non-hydrogen) atoms. The Morgan fingerprint density at radius 1 is 1.59 bits per heavy atom. The SMILES string of the molecule is CCCC(OC)c1noc(CC(=O)C2CC2)n1. The predicted octanol–water partition coefficient (Wildman–Crippen LogP) is 2.08. The Morgan fingerprint density at radius 3 is 2.94 bits per heavy atom. The van der Waals surface area contributed by atoms with Crippen molar-refractivity contribution in [3.63, 3.8) is 0 Å². The molecular formula is C12H18N2O3. The Balaban J connectivity index is 1.96. The molecule has 5 nitrogen and oxygen atoms in total. The highest BCUT2D eigenvalue weighted by atomic mass is 16.5. The van der Waals surface area contributed by atoms with E-state index in [4.69, 9.17) is 9.26 Å². The van der Waals surface area contributed by atoms with E-state index >= 15 is 0 Å². The van der Waals surface area contributed by atoms with Gasteiger partial charge < -0.3 is 9.26 Å². The first kappa shape index (κ1) is 12.2. The summed E-state index contributed by atoms with van der Waals surface area (Å²) in [4.78, 5) is 15.8. The molecule has 1 heterocycles. The van der Waals surface area contributed by atoms with Crippen LogP contribution in [0.5, 0.6) is 0 Å². The van der Waals surface area contributed by atoms with Crippen LogP contribution in [-0.4, -0.2) is 23.0 Å². The van der Waals surface area contributed by atoms with Gasteiger partial charge in [0.15, 0.2) is 0 Å². The summed E-state index contributed by atoms with van der Waals surface area (Å²) < 4.78 is 10.4. The van der Waals surface area contributed by atoms with Gasteiger partial charge in [0.2, 0.25) is 11.7 Å². The lowest BCUT2D eigenvalue weighted by molar-refractivity contribution is -0.119. The second-order valence-electron chi connectivity index (χ2n) is 4.48. The van der Waals surface area contributed by atoms with E-state index in [1.807, 2.05) is 0 Å².